The molecule has 1 aliphatic carbocycles. The standard InChI is InChI=1S/C22H31FN2O3S/c1-16(19-9-10-20(23)21(14-19)28-15-17-7-8-17)25-29-13-5-3-4-6-18(11-12-26)22(27)24-2/h3-4,9-10,12,14,16-18,25H,5-8,11,13,15H2,1-2H3,(H,24,27)/b4-3+. The van der Waals surface area contributed by atoms with Crippen molar-refractivity contribution >= 4 is 24.1 Å². The highest BCUT2D eigenvalue weighted by molar-refractivity contribution is 7.97. The molecule has 1 aromatic carbocycles. The van der Waals surface area contributed by atoms with E-state index in [0.29, 0.717) is 24.7 Å². The Labute approximate surface area is 177 Å². The van der Waals surface area contributed by atoms with Gasteiger partial charge in [0.2, 0.25) is 5.91 Å². The number of nitrogens with one attached hydrogen (secondary N) is 2. The summed E-state index contributed by atoms with van der Waals surface area (Å²) in [6.45, 7) is 2.63. The average molecular weight is 423 g/mol. The summed E-state index contributed by atoms with van der Waals surface area (Å²) in [5, 5.41) is 2.58. The molecule has 2 atom stereocenters. The molecule has 7 heteroatoms. The number of benzene rings is 1. The maximum atomic E-state index is 13.9. The normalized spacial score (nSPS) is 15.8. The summed E-state index contributed by atoms with van der Waals surface area (Å²) < 4.78 is 22.9. The van der Waals surface area contributed by atoms with Crippen molar-refractivity contribution in [2.75, 3.05) is 19.4 Å². The van der Waals surface area contributed by atoms with Gasteiger partial charge in [-0.1, -0.05) is 30.2 Å². The van der Waals surface area contributed by atoms with E-state index in [2.05, 4.69) is 10.0 Å². The monoisotopic (exact) mass is 422 g/mol. The van der Waals surface area contributed by atoms with E-state index in [9.17, 15) is 14.0 Å². The van der Waals surface area contributed by atoms with Crippen LogP contribution in [0.25, 0.3) is 0 Å². The van der Waals surface area contributed by atoms with Crippen molar-refractivity contribution in [2.24, 2.45) is 11.8 Å². The van der Waals surface area contributed by atoms with Gasteiger partial charge >= 0.3 is 0 Å². The van der Waals surface area contributed by atoms with Crippen LogP contribution in [0.2, 0.25) is 0 Å². The smallest absolute Gasteiger partial charge is 0.223 e. The number of hydrogen-bond donors (Lipinski definition) is 2. The Morgan fingerprint density at radius 2 is 2.14 bits per heavy atom. The summed E-state index contributed by atoms with van der Waals surface area (Å²) in [5.41, 5.74) is 0.988. The van der Waals surface area contributed by atoms with Crippen LogP contribution in [0.1, 0.15) is 50.6 Å². The van der Waals surface area contributed by atoms with E-state index in [4.69, 9.17) is 4.74 Å². The van der Waals surface area contributed by atoms with E-state index in [1.54, 1.807) is 31.1 Å². The minimum atomic E-state index is -0.316. The van der Waals surface area contributed by atoms with Gasteiger partial charge in [0.05, 0.1) is 6.61 Å². The summed E-state index contributed by atoms with van der Waals surface area (Å²) in [7, 11) is 1.58. The van der Waals surface area contributed by atoms with Gasteiger partial charge in [-0.3, -0.25) is 9.52 Å². The number of allylic oxidation sites excluding steroid dienone is 2. The van der Waals surface area contributed by atoms with Gasteiger partial charge in [-0.25, -0.2) is 4.39 Å². The number of aldehydes is 1. The first-order valence-corrected chi connectivity index (χ1v) is 11.1. The van der Waals surface area contributed by atoms with Crippen molar-refractivity contribution in [1.82, 2.24) is 10.0 Å². The van der Waals surface area contributed by atoms with Crippen molar-refractivity contribution in [2.45, 2.75) is 45.1 Å². The van der Waals surface area contributed by atoms with Gasteiger partial charge in [-0.15, -0.1) is 0 Å². The molecule has 0 aliphatic heterocycles. The van der Waals surface area contributed by atoms with Crippen LogP contribution >= 0.6 is 11.9 Å². The van der Waals surface area contributed by atoms with E-state index in [1.807, 2.05) is 19.1 Å². The molecule has 1 aliphatic rings. The first-order valence-electron chi connectivity index (χ1n) is 10.1. The van der Waals surface area contributed by atoms with E-state index >= 15 is 0 Å². The molecule has 0 heterocycles. The molecule has 2 N–H and O–H groups in total. The first-order chi connectivity index (χ1) is 14.0. The molecule has 1 amide bonds. The Balaban J connectivity index is 1.68. The van der Waals surface area contributed by atoms with Gasteiger partial charge in [0, 0.05) is 31.2 Å². The third-order valence-electron chi connectivity index (χ3n) is 4.86. The molecule has 1 saturated carbocycles. The second-order valence-electron chi connectivity index (χ2n) is 7.34. The highest BCUT2D eigenvalue weighted by Gasteiger charge is 2.22. The number of carbonyl (C=O) groups excluding carboxylic acids is 2. The van der Waals surface area contributed by atoms with Gasteiger partial charge in [0.25, 0.3) is 0 Å². The lowest BCUT2D eigenvalue weighted by Crippen LogP contribution is -2.27. The van der Waals surface area contributed by atoms with Crippen molar-refractivity contribution in [3.8, 4) is 5.75 Å². The Kier molecular flexibility index (Phi) is 10.2. The molecule has 0 saturated heterocycles. The fourth-order valence-electron chi connectivity index (χ4n) is 2.78. The second-order valence-corrected chi connectivity index (χ2v) is 8.27. The number of halogens is 1. The third kappa shape index (κ3) is 8.58. The molecular formula is C22H31FN2O3S. The van der Waals surface area contributed by atoms with Crippen LogP contribution in [-0.4, -0.2) is 31.6 Å². The van der Waals surface area contributed by atoms with Crippen LogP contribution in [0, 0.1) is 17.7 Å². The first kappa shape index (κ1) is 23.4. The number of amides is 1. The van der Waals surface area contributed by atoms with E-state index in [0.717, 1.165) is 24.0 Å². The highest BCUT2D eigenvalue weighted by atomic mass is 32.2. The fraction of sp³-hybridized carbons (Fsp3) is 0.545. The number of ether oxygens (including phenoxy) is 1. The van der Waals surface area contributed by atoms with Crippen LogP contribution in [-0.2, 0) is 9.59 Å². The predicted molar refractivity (Wildman–Crippen MR) is 115 cm³/mol. The van der Waals surface area contributed by atoms with E-state index in [1.165, 1.54) is 18.9 Å². The summed E-state index contributed by atoms with van der Waals surface area (Å²) in [6, 6.07) is 5.09. The topological polar surface area (TPSA) is 67.4 Å². The number of rotatable bonds is 14. The number of carbonyl (C=O) groups is 2. The van der Waals surface area contributed by atoms with Gasteiger partial charge in [-0.2, -0.15) is 0 Å². The zero-order valence-corrected chi connectivity index (χ0v) is 18.0. The summed E-state index contributed by atoms with van der Waals surface area (Å²) in [5.74, 6) is 1.06. The number of hydrogen-bond acceptors (Lipinski definition) is 5. The molecule has 29 heavy (non-hydrogen) atoms. The quantitative estimate of drug-likeness (QED) is 0.204. The van der Waals surface area contributed by atoms with Crippen molar-refractivity contribution in [3.63, 3.8) is 0 Å². The Hall–Kier alpha value is -1.86. The molecule has 5 nitrogen and oxygen atoms in total. The molecule has 2 rings (SSSR count). The van der Waals surface area contributed by atoms with Crippen molar-refractivity contribution in [3.05, 3.63) is 41.7 Å². The molecule has 160 valence electrons. The molecule has 0 bridgehead atoms. The summed E-state index contributed by atoms with van der Waals surface area (Å²) in [6.07, 6.45) is 8.77. The lowest BCUT2D eigenvalue weighted by atomic mass is 10.0. The molecule has 0 spiro atoms. The molecule has 0 radical (unpaired) electrons. The van der Waals surface area contributed by atoms with Crippen LogP contribution in [0.3, 0.4) is 0 Å². The molecular weight excluding hydrogens is 391 g/mol. The zero-order valence-electron chi connectivity index (χ0n) is 17.2. The zero-order chi connectivity index (χ0) is 21.1. The Bertz CT molecular complexity index is 695. The van der Waals surface area contributed by atoms with Gasteiger partial charge in [0.1, 0.15) is 6.29 Å². The van der Waals surface area contributed by atoms with E-state index in [-0.39, 0.29) is 30.1 Å². The SMILES string of the molecule is CNC(=O)C(CC=O)C/C=C/CCSNC(C)c1ccc(F)c(OCC2CC2)c1. The molecule has 1 aromatic rings. The fourth-order valence-corrected chi connectivity index (χ4v) is 3.54. The molecule has 0 aromatic heterocycles. The maximum Gasteiger partial charge on any atom is 0.223 e. The van der Waals surface area contributed by atoms with Crippen LogP contribution in [0.4, 0.5) is 4.39 Å². The highest BCUT2D eigenvalue weighted by Crippen LogP contribution is 2.31. The van der Waals surface area contributed by atoms with Gasteiger partial charge in [-0.05, 0) is 56.2 Å². The van der Waals surface area contributed by atoms with Crippen molar-refractivity contribution in [1.29, 1.82) is 0 Å². The minimum Gasteiger partial charge on any atom is -0.490 e. The average Bonchev–Trinajstić information content (AvgIpc) is 3.55. The summed E-state index contributed by atoms with van der Waals surface area (Å²) in [4.78, 5) is 22.3. The summed E-state index contributed by atoms with van der Waals surface area (Å²) >= 11 is 1.60. The largest absolute Gasteiger partial charge is 0.490 e. The molecule has 2 unspecified atom stereocenters. The Morgan fingerprint density at radius 3 is 2.83 bits per heavy atom. The van der Waals surface area contributed by atoms with Crippen molar-refractivity contribution < 1.29 is 18.7 Å². The Morgan fingerprint density at radius 1 is 1.34 bits per heavy atom. The van der Waals surface area contributed by atoms with E-state index < -0.39 is 0 Å². The van der Waals surface area contributed by atoms with Crippen LogP contribution < -0.4 is 14.8 Å². The molecule has 1 fully saturated rings. The van der Waals surface area contributed by atoms with Crippen LogP contribution in [0.15, 0.2) is 30.4 Å². The lowest BCUT2D eigenvalue weighted by molar-refractivity contribution is -0.126. The third-order valence-corrected chi connectivity index (χ3v) is 5.82. The second kappa shape index (κ2) is 12.6. The lowest BCUT2D eigenvalue weighted by Gasteiger charge is -2.15. The van der Waals surface area contributed by atoms with Gasteiger partial charge < -0.3 is 14.8 Å². The maximum absolute atomic E-state index is 13.9. The predicted octanol–water partition coefficient (Wildman–Crippen LogP) is 4.20. The van der Waals surface area contributed by atoms with Gasteiger partial charge in [0.15, 0.2) is 11.6 Å². The minimum absolute atomic E-state index is 0.0677. The van der Waals surface area contributed by atoms with Crippen LogP contribution in [0.5, 0.6) is 5.75 Å².